The monoisotopic (exact) mass is 243 g/mol. The van der Waals surface area contributed by atoms with Crippen molar-refractivity contribution in [2.75, 3.05) is 0 Å². The lowest BCUT2D eigenvalue weighted by atomic mass is 10.0. The average Bonchev–Trinajstić information content (AvgIpc) is 2.18. The first kappa shape index (κ1) is 12.1. The van der Waals surface area contributed by atoms with E-state index in [1.54, 1.807) is 0 Å². The number of carbonyl (C=O) groups is 2. The Kier molecular flexibility index (Phi) is 2.76. The first-order valence-corrected chi connectivity index (χ1v) is 3.75. The van der Waals surface area contributed by atoms with Gasteiger partial charge in [-0.15, -0.1) is 0 Å². The van der Waals surface area contributed by atoms with Crippen LogP contribution in [0.4, 0.5) is 0 Å². The Labute approximate surface area is 90.5 Å². The molecule has 0 aromatic heterocycles. The highest BCUT2D eigenvalue weighted by atomic mass is 16.6. The molecule has 0 aliphatic heterocycles. The van der Waals surface area contributed by atoms with Crippen molar-refractivity contribution in [2.45, 2.75) is 0 Å². The number of ketones is 2. The molecule has 0 unspecified atom stereocenters. The molecule has 1 rings (SSSR count). The Morgan fingerprint density at radius 1 is 0.824 bits per heavy atom. The molecular formula is C6HN3O8. The zero-order valence-electron chi connectivity index (χ0n) is 7.68. The van der Waals surface area contributed by atoms with Crippen LogP contribution in [0.2, 0.25) is 0 Å². The Hall–Kier alpha value is -2.98. The maximum Gasteiger partial charge on any atom is 0.404 e. The van der Waals surface area contributed by atoms with Gasteiger partial charge in [0.25, 0.3) is 5.78 Å². The first-order chi connectivity index (χ1) is 7.77. The van der Waals surface area contributed by atoms with Crippen molar-refractivity contribution in [1.29, 1.82) is 0 Å². The number of hydrogen-bond donors (Lipinski definition) is 0. The van der Waals surface area contributed by atoms with Gasteiger partial charge >= 0.3 is 22.9 Å². The zero-order valence-corrected chi connectivity index (χ0v) is 7.68. The van der Waals surface area contributed by atoms with E-state index in [4.69, 9.17) is 0 Å². The molecule has 1 aliphatic carbocycles. The summed E-state index contributed by atoms with van der Waals surface area (Å²) in [6.45, 7) is 0. The second kappa shape index (κ2) is 3.88. The first-order valence-electron chi connectivity index (χ1n) is 3.75. The molecule has 0 amide bonds. The van der Waals surface area contributed by atoms with Crippen LogP contribution in [-0.4, -0.2) is 26.3 Å². The summed E-state index contributed by atoms with van der Waals surface area (Å²) in [5.41, 5.74) is -4.65. The Bertz CT molecular complexity index is 541. The highest BCUT2D eigenvalue weighted by Crippen LogP contribution is 2.20. The van der Waals surface area contributed by atoms with Crippen LogP contribution in [0, 0.1) is 30.3 Å². The van der Waals surface area contributed by atoms with E-state index in [9.17, 15) is 39.9 Å². The lowest BCUT2D eigenvalue weighted by Gasteiger charge is -2.02. The smallest absolute Gasteiger partial charge is 0.282 e. The molecule has 0 spiro atoms. The maximum atomic E-state index is 11.2. The largest absolute Gasteiger partial charge is 0.404 e. The fourth-order valence-electron chi connectivity index (χ4n) is 1.09. The second-order valence-corrected chi connectivity index (χ2v) is 2.69. The fraction of sp³-hybridized carbons (Fsp3) is 0. The van der Waals surface area contributed by atoms with Gasteiger partial charge in [-0.3, -0.25) is 39.9 Å². The van der Waals surface area contributed by atoms with Gasteiger partial charge in [-0.1, -0.05) is 0 Å². The molecule has 11 nitrogen and oxygen atoms in total. The van der Waals surface area contributed by atoms with Gasteiger partial charge in [-0.05, 0) is 0 Å². The van der Waals surface area contributed by atoms with E-state index in [1.165, 1.54) is 0 Å². The number of hydrogen-bond acceptors (Lipinski definition) is 8. The molecule has 0 saturated heterocycles. The minimum absolute atomic E-state index is 0.0907. The second-order valence-electron chi connectivity index (χ2n) is 2.69. The minimum atomic E-state index is -1.77. The van der Waals surface area contributed by atoms with Gasteiger partial charge < -0.3 is 0 Å². The summed E-state index contributed by atoms with van der Waals surface area (Å²) in [6.07, 6.45) is 0.0907. The van der Waals surface area contributed by atoms with Crippen molar-refractivity contribution in [3.05, 3.63) is 53.5 Å². The summed E-state index contributed by atoms with van der Waals surface area (Å²) < 4.78 is 0. The normalized spacial score (nSPS) is 15.6. The van der Waals surface area contributed by atoms with Crippen LogP contribution in [0.15, 0.2) is 23.2 Å². The van der Waals surface area contributed by atoms with Crippen molar-refractivity contribution in [3.63, 3.8) is 0 Å². The SMILES string of the molecule is O=C1C=C([N+](=O)[O-])C(=O)C([N+](=O)[O-])=C1[N+](=O)[O-]. The van der Waals surface area contributed by atoms with Crippen molar-refractivity contribution >= 4 is 11.6 Å². The number of Topliss-reactive ketones (excluding diaryl/α,β-unsaturated/α-hetero) is 1. The van der Waals surface area contributed by atoms with Gasteiger partial charge in [0.15, 0.2) is 0 Å². The van der Waals surface area contributed by atoms with Crippen LogP contribution in [0.5, 0.6) is 0 Å². The van der Waals surface area contributed by atoms with E-state index >= 15 is 0 Å². The molecule has 0 bridgehead atoms. The van der Waals surface area contributed by atoms with E-state index in [1.807, 2.05) is 0 Å². The van der Waals surface area contributed by atoms with Crippen LogP contribution >= 0.6 is 0 Å². The molecule has 0 saturated carbocycles. The van der Waals surface area contributed by atoms with Crippen LogP contribution in [0.1, 0.15) is 0 Å². The number of nitrogens with zero attached hydrogens (tertiary/aromatic N) is 3. The molecule has 17 heavy (non-hydrogen) atoms. The summed E-state index contributed by atoms with van der Waals surface area (Å²) in [7, 11) is 0. The molecule has 1 aliphatic rings. The summed E-state index contributed by atoms with van der Waals surface area (Å²) in [6, 6.07) is 0. The molecule has 11 heteroatoms. The van der Waals surface area contributed by atoms with E-state index in [0.717, 1.165) is 0 Å². The van der Waals surface area contributed by atoms with E-state index in [0.29, 0.717) is 0 Å². The van der Waals surface area contributed by atoms with Crippen molar-refractivity contribution in [3.8, 4) is 0 Å². The maximum absolute atomic E-state index is 11.2. The average molecular weight is 243 g/mol. The van der Waals surface area contributed by atoms with Gasteiger partial charge in [-0.25, -0.2) is 0 Å². The molecule has 0 aromatic carbocycles. The fourth-order valence-corrected chi connectivity index (χ4v) is 1.09. The van der Waals surface area contributed by atoms with Gasteiger partial charge in [0.2, 0.25) is 0 Å². The third kappa shape index (κ3) is 1.88. The molecule has 0 aromatic rings. The van der Waals surface area contributed by atoms with Crippen molar-refractivity contribution in [1.82, 2.24) is 0 Å². The summed E-state index contributed by atoms with van der Waals surface area (Å²) in [5.74, 6) is -3.33. The third-order valence-corrected chi connectivity index (χ3v) is 1.74. The molecular weight excluding hydrogens is 242 g/mol. The van der Waals surface area contributed by atoms with E-state index < -0.39 is 43.4 Å². The molecule has 0 N–H and O–H groups in total. The number of allylic oxidation sites excluding steroid dienone is 1. The topological polar surface area (TPSA) is 164 Å². The van der Waals surface area contributed by atoms with E-state index in [-0.39, 0.29) is 6.08 Å². The summed E-state index contributed by atoms with van der Waals surface area (Å²) >= 11 is 0. The van der Waals surface area contributed by atoms with Gasteiger partial charge in [-0.2, -0.15) is 0 Å². The number of carbonyl (C=O) groups excluding carboxylic acids is 2. The highest BCUT2D eigenvalue weighted by Gasteiger charge is 2.50. The predicted molar refractivity (Wildman–Crippen MR) is 46.1 cm³/mol. The Morgan fingerprint density at radius 3 is 1.65 bits per heavy atom. The Balaban J connectivity index is 3.52. The standard InChI is InChI=1S/C6HN3O8/c10-3-1-2(7(12)13)6(11)5(9(16)17)4(3)8(14)15/h1H. The zero-order chi connectivity index (χ0) is 13.3. The Morgan fingerprint density at radius 2 is 1.29 bits per heavy atom. The lowest BCUT2D eigenvalue weighted by Crippen LogP contribution is -2.30. The highest BCUT2D eigenvalue weighted by molar-refractivity contribution is 6.19. The van der Waals surface area contributed by atoms with Crippen LogP contribution in [0.3, 0.4) is 0 Å². The van der Waals surface area contributed by atoms with Gasteiger partial charge in [0.1, 0.15) is 0 Å². The molecule has 0 radical (unpaired) electrons. The van der Waals surface area contributed by atoms with Gasteiger partial charge in [0.05, 0.1) is 20.8 Å². The van der Waals surface area contributed by atoms with Crippen molar-refractivity contribution in [2.24, 2.45) is 0 Å². The molecule has 0 fully saturated rings. The van der Waals surface area contributed by atoms with Gasteiger partial charge in [0, 0.05) is 0 Å². The summed E-state index contributed by atoms with van der Waals surface area (Å²) in [4.78, 5) is 49.1. The lowest BCUT2D eigenvalue weighted by molar-refractivity contribution is -0.466. The molecule has 0 atom stereocenters. The van der Waals surface area contributed by atoms with Crippen LogP contribution in [0.25, 0.3) is 0 Å². The third-order valence-electron chi connectivity index (χ3n) is 1.74. The summed E-state index contributed by atoms with van der Waals surface area (Å²) in [5, 5.41) is 31.1. The van der Waals surface area contributed by atoms with E-state index in [2.05, 4.69) is 0 Å². The number of rotatable bonds is 3. The number of nitro groups is 3. The molecule has 88 valence electrons. The van der Waals surface area contributed by atoms with Crippen LogP contribution < -0.4 is 0 Å². The molecule has 0 heterocycles. The van der Waals surface area contributed by atoms with Crippen molar-refractivity contribution < 1.29 is 24.4 Å². The quantitative estimate of drug-likeness (QED) is 0.348. The predicted octanol–water partition coefficient (Wildman–Crippen LogP) is -0.936. The van der Waals surface area contributed by atoms with Crippen LogP contribution in [-0.2, 0) is 9.59 Å². The minimum Gasteiger partial charge on any atom is -0.282 e.